The molecule has 0 saturated carbocycles. The summed E-state index contributed by atoms with van der Waals surface area (Å²) in [4.78, 5) is 52.2. The van der Waals surface area contributed by atoms with Crippen LogP contribution < -0.4 is 10.2 Å². The van der Waals surface area contributed by atoms with E-state index < -0.39 is 30.3 Å². The molecule has 1 heterocycles. The van der Waals surface area contributed by atoms with E-state index in [4.69, 9.17) is 4.74 Å². The van der Waals surface area contributed by atoms with Gasteiger partial charge in [-0.05, 0) is 66.8 Å². The van der Waals surface area contributed by atoms with Gasteiger partial charge < -0.3 is 10.1 Å². The van der Waals surface area contributed by atoms with Crippen LogP contribution in [-0.4, -0.2) is 30.3 Å². The van der Waals surface area contributed by atoms with Crippen molar-refractivity contribution in [2.45, 2.75) is 13.8 Å². The lowest BCUT2D eigenvalue weighted by molar-refractivity contribution is -0.119. The number of anilines is 2. The summed E-state index contributed by atoms with van der Waals surface area (Å²) in [7, 11) is 0. The van der Waals surface area contributed by atoms with Crippen molar-refractivity contribution in [1.82, 2.24) is 0 Å². The Labute approximate surface area is 207 Å². The average Bonchev–Trinajstić information content (AvgIpc) is 2.88. The number of hydrogen-bond donors (Lipinski definition) is 1. The fraction of sp³-hybridized carbons (Fsp3) is 0.103. The van der Waals surface area contributed by atoms with Gasteiger partial charge in [0.15, 0.2) is 6.61 Å². The van der Waals surface area contributed by atoms with Gasteiger partial charge in [0.2, 0.25) is 0 Å². The third kappa shape index (κ3) is 4.01. The van der Waals surface area contributed by atoms with Crippen molar-refractivity contribution in [2.24, 2.45) is 0 Å². The Morgan fingerprint density at radius 2 is 1.33 bits per heavy atom. The highest BCUT2D eigenvalue weighted by atomic mass is 16.5. The summed E-state index contributed by atoms with van der Waals surface area (Å²) >= 11 is 0. The highest BCUT2D eigenvalue weighted by Crippen LogP contribution is 2.32. The van der Waals surface area contributed by atoms with Crippen LogP contribution in [0.1, 0.15) is 42.2 Å². The molecule has 5 rings (SSSR count). The first-order valence-electron chi connectivity index (χ1n) is 11.4. The molecule has 0 atom stereocenters. The Bertz CT molecular complexity index is 1490. The summed E-state index contributed by atoms with van der Waals surface area (Å²) in [6.07, 6.45) is 0. The van der Waals surface area contributed by atoms with Gasteiger partial charge in [0.05, 0.1) is 11.3 Å². The Morgan fingerprint density at radius 3 is 1.92 bits per heavy atom. The Kier molecular flexibility index (Phi) is 5.82. The predicted molar refractivity (Wildman–Crippen MR) is 136 cm³/mol. The minimum absolute atomic E-state index is 0.193. The van der Waals surface area contributed by atoms with Gasteiger partial charge in [0.25, 0.3) is 17.7 Å². The van der Waals surface area contributed by atoms with Crippen LogP contribution in [0.15, 0.2) is 78.9 Å². The fourth-order valence-corrected chi connectivity index (χ4v) is 4.41. The third-order valence-corrected chi connectivity index (χ3v) is 6.21. The maximum absolute atomic E-state index is 13.2. The number of esters is 1. The van der Waals surface area contributed by atoms with Gasteiger partial charge in [0, 0.05) is 22.2 Å². The highest BCUT2D eigenvalue weighted by molar-refractivity contribution is 6.35. The average molecular weight is 479 g/mol. The van der Waals surface area contributed by atoms with Crippen LogP contribution in [0.5, 0.6) is 0 Å². The first-order valence-corrected chi connectivity index (χ1v) is 11.4. The molecule has 7 heteroatoms. The number of amides is 3. The van der Waals surface area contributed by atoms with Gasteiger partial charge in [-0.15, -0.1) is 0 Å². The second-order valence-electron chi connectivity index (χ2n) is 8.59. The summed E-state index contributed by atoms with van der Waals surface area (Å²) in [5.41, 5.74) is 3.92. The van der Waals surface area contributed by atoms with Gasteiger partial charge in [-0.3, -0.25) is 14.4 Å². The number of carbonyl (C=O) groups is 4. The molecule has 1 N–H and O–H groups in total. The summed E-state index contributed by atoms with van der Waals surface area (Å²) in [6.45, 7) is 3.32. The van der Waals surface area contributed by atoms with Crippen LogP contribution in [0.4, 0.5) is 11.4 Å². The molecule has 1 aliphatic heterocycles. The van der Waals surface area contributed by atoms with Crippen molar-refractivity contribution in [3.63, 3.8) is 0 Å². The Morgan fingerprint density at radius 1 is 0.778 bits per heavy atom. The van der Waals surface area contributed by atoms with E-state index in [0.29, 0.717) is 27.9 Å². The van der Waals surface area contributed by atoms with Crippen LogP contribution in [0.25, 0.3) is 10.8 Å². The van der Waals surface area contributed by atoms with Gasteiger partial charge in [-0.25, -0.2) is 9.69 Å². The van der Waals surface area contributed by atoms with E-state index in [0.717, 1.165) is 21.4 Å². The van der Waals surface area contributed by atoms with E-state index >= 15 is 0 Å². The fourth-order valence-electron chi connectivity index (χ4n) is 4.41. The number of benzene rings is 4. The minimum Gasteiger partial charge on any atom is -0.452 e. The minimum atomic E-state index is -0.690. The van der Waals surface area contributed by atoms with Crippen LogP contribution in [0, 0.1) is 13.8 Å². The van der Waals surface area contributed by atoms with Gasteiger partial charge in [-0.2, -0.15) is 0 Å². The maximum atomic E-state index is 13.2. The lowest BCUT2D eigenvalue weighted by atomic mass is 9.94. The third-order valence-electron chi connectivity index (χ3n) is 6.21. The lowest BCUT2D eigenvalue weighted by Gasteiger charge is -2.27. The second kappa shape index (κ2) is 9.11. The molecule has 0 unspecified atom stereocenters. The van der Waals surface area contributed by atoms with Crippen LogP contribution in [0.3, 0.4) is 0 Å². The number of imide groups is 1. The molecule has 0 aromatic heterocycles. The number of aryl methyl sites for hydroxylation is 2. The molecule has 3 amide bonds. The van der Waals surface area contributed by atoms with Crippen molar-refractivity contribution >= 4 is 45.8 Å². The summed E-state index contributed by atoms with van der Waals surface area (Å²) in [5, 5.41) is 4.23. The van der Waals surface area contributed by atoms with Crippen molar-refractivity contribution in [3.8, 4) is 0 Å². The van der Waals surface area contributed by atoms with E-state index in [1.54, 1.807) is 24.3 Å². The molecule has 7 nitrogen and oxygen atoms in total. The molecular formula is C29H22N2O5. The highest BCUT2D eigenvalue weighted by Gasteiger charge is 2.33. The van der Waals surface area contributed by atoms with E-state index in [2.05, 4.69) is 5.32 Å². The predicted octanol–water partition coefficient (Wildman–Crippen LogP) is 5.05. The van der Waals surface area contributed by atoms with E-state index in [-0.39, 0.29) is 5.56 Å². The van der Waals surface area contributed by atoms with Crippen molar-refractivity contribution in [3.05, 3.63) is 107 Å². The van der Waals surface area contributed by atoms with Crippen LogP contribution in [-0.2, 0) is 9.53 Å². The van der Waals surface area contributed by atoms with Crippen molar-refractivity contribution in [1.29, 1.82) is 0 Å². The molecule has 0 spiro atoms. The maximum Gasteiger partial charge on any atom is 0.338 e. The van der Waals surface area contributed by atoms with Crippen molar-refractivity contribution < 1.29 is 23.9 Å². The van der Waals surface area contributed by atoms with Crippen molar-refractivity contribution in [2.75, 3.05) is 16.8 Å². The van der Waals surface area contributed by atoms with Gasteiger partial charge in [-0.1, -0.05) is 42.5 Å². The van der Waals surface area contributed by atoms with E-state index in [9.17, 15) is 19.2 Å². The first-order chi connectivity index (χ1) is 17.3. The number of para-hydroxylation sites is 1. The SMILES string of the molecule is Cc1cccc(C)c1NC(=O)COC(=O)c1ccc(N2C(=O)c3cccc4cccc(c34)C2=O)cc1. The van der Waals surface area contributed by atoms with Gasteiger partial charge in [0.1, 0.15) is 0 Å². The number of nitrogens with zero attached hydrogens (tertiary/aromatic N) is 1. The molecule has 1 aliphatic rings. The molecule has 178 valence electrons. The molecule has 0 radical (unpaired) electrons. The number of rotatable bonds is 5. The Hall–Kier alpha value is -4.78. The molecule has 4 aromatic rings. The smallest absolute Gasteiger partial charge is 0.338 e. The largest absolute Gasteiger partial charge is 0.452 e. The van der Waals surface area contributed by atoms with Gasteiger partial charge >= 0.3 is 5.97 Å². The van der Waals surface area contributed by atoms with E-state index in [1.807, 2.05) is 44.2 Å². The molecule has 36 heavy (non-hydrogen) atoms. The standard InChI is InChI=1S/C29H22N2O5/c1-17-6-3-7-18(2)26(17)30-24(32)16-36-29(35)20-12-14-21(15-13-20)31-27(33)22-10-4-8-19-9-5-11-23(25(19)22)28(31)34/h3-15H,16H2,1-2H3,(H,30,32). The zero-order valence-electron chi connectivity index (χ0n) is 19.7. The summed E-state index contributed by atoms with van der Waals surface area (Å²) < 4.78 is 5.16. The topological polar surface area (TPSA) is 92.8 Å². The van der Waals surface area contributed by atoms with Crippen LogP contribution in [0.2, 0.25) is 0 Å². The molecular weight excluding hydrogens is 456 g/mol. The quantitative estimate of drug-likeness (QED) is 0.320. The number of nitrogens with one attached hydrogen (secondary N) is 1. The number of carbonyl (C=O) groups excluding carboxylic acids is 4. The monoisotopic (exact) mass is 478 g/mol. The lowest BCUT2D eigenvalue weighted by Crippen LogP contribution is -2.40. The molecule has 4 aromatic carbocycles. The summed E-state index contributed by atoms with van der Waals surface area (Å²) in [6, 6.07) is 22.3. The zero-order chi connectivity index (χ0) is 25.4. The molecule has 0 bridgehead atoms. The normalized spacial score (nSPS) is 12.6. The second-order valence-corrected chi connectivity index (χ2v) is 8.59. The van der Waals surface area contributed by atoms with E-state index in [1.165, 1.54) is 24.3 Å². The Balaban J connectivity index is 1.29. The molecule has 0 aliphatic carbocycles. The zero-order valence-corrected chi connectivity index (χ0v) is 19.7. The number of hydrogen-bond acceptors (Lipinski definition) is 5. The molecule has 0 fully saturated rings. The summed E-state index contributed by atoms with van der Waals surface area (Å²) in [5.74, 6) is -2.00. The first kappa shape index (κ1) is 23.0. The van der Waals surface area contributed by atoms with Crippen LogP contribution >= 0.6 is 0 Å². The number of ether oxygens (including phenoxy) is 1. The molecule has 0 saturated heterocycles.